The normalized spacial score (nSPS) is 11.1. The molecule has 0 radical (unpaired) electrons. The van der Waals surface area contributed by atoms with E-state index in [0.29, 0.717) is 5.16 Å². The monoisotopic (exact) mass is 457 g/mol. The van der Waals surface area contributed by atoms with E-state index in [2.05, 4.69) is 36.7 Å². The second-order valence-electron chi connectivity index (χ2n) is 6.02. The number of thioether (sulfide) groups is 1. The minimum atomic E-state index is -0.198. The van der Waals surface area contributed by atoms with Crippen LogP contribution in [0.3, 0.4) is 0 Å². The number of carbonyl (C=O) groups excluding carboxylic acids is 1. The van der Waals surface area contributed by atoms with Gasteiger partial charge < -0.3 is 4.57 Å². The Morgan fingerprint density at radius 2 is 1.96 bits per heavy atom. The molecule has 1 heterocycles. The maximum absolute atomic E-state index is 12.1. The number of hydrogen-bond acceptors (Lipinski definition) is 5. The first-order valence-electron chi connectivity index (χ1n) is 8.78. The van der Waals surface area contributed by atoms with Crippen LogP contribution in [0.5, 0.6) is 0 Å². The lowest BCUT2D eigenvalue weighted by molar-refractivity contribution is -0.118. The van der Waals surface area contributed by atoms with E-state index in [0.717, 1.165) is 28.0 Å². The molecule has 0 saturated heterocycles. The zero-order chi connectivity index (χ0) is 19.9. The highest BCUT2D eigenvalue weighted by atomic mass is 79.9. The van der Waals surface area contributed by atoms with Crippen LogP contribution in [0.25, 0.3) is 11.4 Å². The summed E-state index contributed by atoms with van der Waals surface area (Å²) < 4.78 is 2.93. The Balaban J connectivity index is 1.60. The molecule has 0 aliphatic rings. The van der Waals surface area contributed by atoms with Crippen molar-refractivity contribution < 1.29 is 4.79 Å². The van der Waals surface area contributed by atoms with Crippen LogP contribution in [0.4, 0.5) is 0 Å². The zero-order valence-corrected chi connectivity index (χ0v) is 18.0. The van der Waals surface area contributed by atoms with Gasteiger partial charge in [-0.2, -0.15) is 5.10 Å². The third kappa shape index (κ3) is 5.08. The third-order valence-electron chi connectivity index (χ3n) is 3.97. The van der Waals surface area contributed by atoms with Crippen LogP contribution in [0.15, 0.2) is 63.3 Å². The molecule has 0 unspecified atom stereocenters. The zero-order valence-electron chi connectivity index (χ0n) is 15.6. The van der Waals surface area contributed by atoms with Crippen molar-refractivity contribution in [3.05, 3.63) is 64.1 Å². The average molecular weight is 458 g/mol. The van der Waals surface area contributed by atoms with E-state index < -0.39 is 0 Å². The van der Waals surface area contributed by atoms with Crippen LogP contribution in [0.2, 0.25) is 0 Å². The number of benzene rings is 2. The quantitative estimate of drug-likeness (QED) is 0.326. The molecular formula is C20H20BrN5OS. The third-order valence-corrected chi connectivity index (χ3v) is 5.66. The summed E-state index contributed by atoms with van der Waals surface area (Å²) in [5.41, 5.74) is 5.64. The summed E-state index contributed by atoms with van der Waals surface area (Å²) in [6.07, 6.45) is 1.61. The highest BCUT2D eigenvalue weighted by molar-refractivity contribution is 9.10. The summed E-state index contributed by atoms with van der Waals surface area (Å²) in [4.78, 5) is 12.1. The largest absolute Gasteiger partial charge is 0.302 e. The molecule has 144 valence electrons. The molecule has 0 fully saturated rings. The van der Waals surface area contributed by atoms with Crippen molar-refractivity contribution in [1.29, 1.82) is 0 Å². The summed E-state index contributed by atoms with van der Waals surface area (Å²) in [5, 5.41) is 13.3. The first kappa shape index (κ1) is 20.3. The van der Waals surface area contributed by atoms with E-state index in [4.69, 9.17) is 0 Å². The number of hydrogen-bond donors (Lipinski definition) is 1. The van der Waals surface area contributed by atoms with Crippen molar-refractivity contribution in [3.63, 3.8) is 0 Å². The van der Waals surface area contributed by atoms with Crippen molar-refractivity contribution in [3.8, 4) is 11.4 Å². The first-order valence-corrected chi connectivity index (χ1v) is 10.6. The number of aromatic nitrogens is 3. The number of rotatable bonds is 7. The Morgan fingerprint density at radius 1 is 1.21 bits per heavy atom. The fourth-order valence-electron chi connectivity index (χ4n) is 2.51. The molecule has 6 nitrogen and oxygen atoms in total. The number of nitrogens with zero attached hydrogens (tertiary/aromatic N) is 4. The van der Waals surface area contributed by atoms with Crippen molar-refractivity contribution in [2.45, 2.75) is 25.5 Å². The predicted octanol–water partition coefficient (Wildman–Crippen LogP) is 4.28. The van der Waals surface area contributed by atoms with Gasteiger partial charge in [-0.05, 0) is 19.9 Å². The second-order valence-corrected chi connectivity index (χ2v) is 7.82. The minimum Gasteiger partial charge on any atom is -0.302 e. The van der Waals surface area contributed by atoms with Gasteiger partial charge >= 0.3 is 0 Å². The molecule has 0 aliphatic heterocycles. The lowest BCUT2D eigenvalue weighted by atomic mass is 10.1. The molecule has 0 bridgehead atoms. The van der Waals surface area contributed by atoms with Gasteiger partial charge in [0.2, 0.25) is 0 Å². The van der Waals surface area contributed by atoms with Gasteiger partial charge in [-0.3, -0.25) is 4.79 Å². The summed E-state index contributed by atoms with van der Waals surface area (Å²) in [6.45, 7) is 4.81. The van der Waals surface area contributed by atoms with Gasteiger partial charge in [0.05, 0.1) is 12.0 Å². The Morgan fingerprint density at radius 3 is 2.68 bits per heavy atom. The van der Waals surface area contributed by atoms with Gasteiger partial charge in [-0.25, -0.2) is 5.43 Å². The van der Waals surface area contributed by atoms with Crippen LogP contribution >= 0.6 is 27.7 Å². The second kappa shape index (κ2) is 9.66. The lowest BCUT2D eigenvalue weighted by Gasteiger charge is -2.07. The molecule has 0 aliphatic carbocycles. The smallest absolute Gasteiger partial charge is 0.250 e. The lowest BCUT2D eigenvalue weighted by Crippen LogP contribution is -2.20. The van der Waals surface area contributed by atoms with Gasteiger partial charge in [-0.1, -0.05) is 75.7 Å². The van der Waals surface area contributed by atoms with Crippen LogP contribution < -0.4 is 5.43 Å². The van der Waals surface area contributed by atoms with E-state index in [9.17, 15) is 4.79 Å². The number of aryl methyl sites for hydroxylation is 1. The highest BCUT2D eigenvalue weighted by Crippen LogP contribution is 2.24. The number of amides is 1. The molecule has 3 aromatic rings. The van der Waals surface area contributed by atoms with Crippen molar-refractivity contribution >= 4 is 39.8 Å². The van der Waals surface area contributed by atoms with Gasteiger partial charge in [-0.15, -0.1) is 10.2 Å². The Labute approximate surface area is 176 Å². The van der Waals surface area contributed by atoms with Gasteiger partial charge in [0.1, 0.15) is 0 Å². The van der Waals surface area contributed by atoms with Crippen molar-refractivity contribution in [1.82, 2.24) is 20.2 Å². The molecule has 0 saturated carbocycles. The van der Waals surface area contributed by atoms with Crippen molar-refractivity contribution in [2.24, 2.45) is 5.10 Å². The fourth-order valence-corrected chi connectivity index (χ4v) is 3.69. The fraction of sp³-hybridized carbons (Fsp3) is 0.200. The maximum atomic E-state index is 12.1. The molecule has 1 aromatic heterocycles. The molecule has 28 heavy (non-hydrogen) atoms. The minimum absolute atomic E-state index is 0.198. The average Bonchev–Trinajstić information content (AvgIpc) is 3.11. The number of carbonyl (C=O) groups is 1. The highest BCUT2D eigenvalue weighted by Gasteiger charge is 2.14. The molecule has 0 spiro atoms. The number of halogens is 1. The molecule has 2 aromatic carbocycles. The first-order chi connectivity index (χ1) is 13.6. The standard InChI is InChI=1S/C20H20BrN5OS/c1-3-26-19(15-10-8-14(2)9-11-15)24-25-20(26)28-13-18(27)23-22-12-16-6-4-5-7-17(16)21/h4-12H,3,13H2,1-2H3,(H,23,27)/b22-12+. The van der Waals surface area contributed by atoms with E-state index in [1.807, 2.05) is 66.9 Å². The predicted molar refractivity (Wildman–Crippen MR) is 116 cm³/mol. The van der Waals surface area contributed by atoms with Crippen LogP contribution in [-0.2, 0) is 11.3 Å². The topological polar surface area (TPSA) is 72.2 Å². The number of nitrogens with one attached hydrogen (secondary N) is 1. The summed E-state index contributed by atoms with van der Waals surface area (Å²) in [7, 11) is 0. The number of hydrazone groups is 1. The SMILES string of the molecule is CCn1c(SCC(=O)N/N=C/c2ccccc2Br)nnc1-c1ccc(C)cc1. The van der Waals surface area contributed by atoms with Crippen molar-refractivity contribution in [2.75, 3.05) is 5.75 Å². The molecule has 1 amide bonds. The molecular weight excluding hydrogens is 438 g/mol. The summed E-state index contributed by atoms with van der Waals surface area (Å²) in [5.74, 6) is 0.812. The Hall–Kier alpha value is -2.45. The molecule has 0 atom stereocenters. The van der Waals surface area contributed by atoms with E-state index in [1.165, 1.54) is 17.3 Å². The van der Waals surface area contributed by atoms with Crippen LogP contribution in [0.1, 0.15) is 18.1 Å². The molecule has 1 N–H and O–H groups in total. The van der Waals surface area contributed by atoms with Gasteiger partial charge in [0.25, 0.3) is 5.91 Å². The summed E-state index contributed by atoms with van der Waals surface area (Å²) >= 11 is 4.78. The Kier molecular flexibility index (Phi) is 7.00. The van der Waals surface area contributed by atoms with E-state index in [-0.39, 0.29) is 11.7 Å². The maximum Gasteiger partial charge on any atom is 0.250 e. The Bertz CT molecular complexity index is 985. The van der Waals surface area contributed by atoms with Gasteiger partial charge in [0, 0.05) is 22.1 Å². The van der Waals surface area contributed by atoms with Gasteiger partial charge in [0.15, 0.2) is 11.0 Å². The van der Waals surface area contributed by atoms with Crippen LogP contribution in [0, 0.1) is 6.92 Å². The molecule has 3 rings (SSSR count). The molecule has 8 heteroatoms. The van der Waals surface area contributed by atoms with E-state index in [1.54, 1.807) is 6.21 Å². The van der Waals surface area contributed by atoms with Crippen LogP contribution in [-0.4, -0.2) is 32.6 Å². The summed E-state index contributed by atoms with van der Waals surface area (Å²) in [6, 6.07) is 15.8. The van der Waals surface area contributed by atoms with E-state index >= 15 is 0 Å².